The Labute approximate surface area is 204 Å². The van der Waals surface area contributed by atoms with Gasteiger partial charge in [-0.15, -0.1) is 0 Å². The number of ether oxygens (including phenoxy) is 1. The first-order valence-electron chi connectivity index (χ1n) is 11.6. The Balaban J connectivity index is 1.54. The molecule has 1 saturated carbocycles. The number of nitrogens with two attached hydrogens (primary N) is 1. The van der Waals surface area contributed by atoms with Crippen LogP contribution in [0, 0.1) is 11.7 Å². The zero-order chi connectivity index (χ0) is 25.4. The molecule has 2 atom stereocenters. The van der Waals surface area contributed by atoms with Crippen molar-refractivity contribution in [2.24, 2.45) is 16.8 Å². The highest BCUT2D eigenvalue weighted by molar-refractivity contribution is 5.99. The summed E-state index contributed by atoms with van der Waals surface area (Å²) >= 11 is 0. The van der Waals surface area contributed by atoms with E-state index in [1.54, 1.807) is 37.3 Å². The molecule has 9 heteroatoms. The predicted molar refractivity (Wildman–Crippen MR) is 133 cm³/mol. The minimum absolute atomic E-state index is 0.128. The second kappa shape index (κ2) is 12.1. The number of nitrogens with one attached hydrogen (secondary N) is 2. The minimum Gasteiger partial charge on any atom is -0.484 e. The molecule has 0 spiro atoms. The van der Waals surface area contributed by atoms with Crippen molar-refractivity contribution in [2.45, 2.75) is 45.3 Å². The van der Waals surface area contributed by atoms with Crippen LogP contribution in [0.15, 0.2) is 59.3 Å². The molecule has 0 aliphatic heterocycles. The molecule has 35 heavy (non-hydrogen) atoms. The number of hydrogen-bond donors (Lipinski definition) is 4. The number of carbonyl (C=O) groups is 2. The molecule has 186 valence electrons. The summed E-state index contributed by atoms with van der Waals surface area (Å²) in [6, 6.07) is 10.6. The van der Waals surface area contributed by atoms with Gasteiger partial charge in [-0.1, -0.05) is 6.92 Å². The third kappa shape index (κ3) is 7.38. The Bertz CT molecular complexity index is 1100. The van der Waals surface area contributed by atoms with Crippen molar-refractivity contribution < 1.29 is 23.8 Å². The van der Waals surface area contributed by atoms with Gasteiger partial charge < -0.3 is 20.9 Å². The standard InChI is InChI=1S/C26H31FN4O4/c1-3-24(35-20-9-6-18(7-10-20)25(33)17-4-5-17)23(28)12-13-29-31-19-8-11-21(22(27)14-19)26(34)30-16(2)15-32/h6-14,16-17,24,31-32H,3-5,15,28H2,1-2H3,(H,30,34)/t16-,24-/m1/s1. The van der Waals surface area contributed by atoms with Crippen LogP contribution in [-0.4, -0.2) is 41.8 Å². The SMILES string of the molecule is CC[C@@H](Oc1ccc(C(=O)C2CC2)cc1)C(N)=CC=NNc1ccc(C(=O)N[C@H](C)CO)c(F)c1. The normalized spacial score (nSPS) is 15.5. The Morgan fingerprint density at radius 1 is 1.26 bits per heavy atom. The molecule has 2 aromatic rings. The van der Waals surface area contributed by atoms with E-state index in [-0.39, 0.29) is 30.0 Å². The van der Waals surface area contributed by atoms with Crippen LogP contribution in [0.25, 0.3) is 0 Å². The summed E-state index contributed by atoms with van der Waals surface area (Å²) in [7, 11) is 0. The van der Waals surface area contributed by atoms with E-state index < -0.39 is 17.8 Å². The molecular formula is C26H31FN4O4. The summed E-state index contributed by atoms with van der Waals surface area (Å²) in [4.78, 5) is 24.2. The third-order valence-corrected chi connectivity index (χ3v) is 5.51. The van der Waals surface area contributed by atoms with E-state index >= 15 is 0 Å². The topological polar surface area (TPSA) is 126 Å². The summed E-state index contributed by atoms with van der Waals surface area (Å²) in [5.74, 6) is -0.354. The predicted octanol–water partition coefficient (Wildman–Crippen LogP) is 3.63. The van der Waals surface area contributed by atoms with Crippen molar-refractivity contribution in [1.29, 1.82) is 0 Å². The molecule has 0 heterocycles. The van der Waals surface area contributed by atoms with Crippen LogP contribution in [0.5, 0.6) is 5.75 Å². The molecule has 0 unspecified atom stereocenters. The van der Waals surface area contributed by atoms with Gasteiger partial charge in [0.2, 0.25) is 0 Å². The quantitative estimate of drug-likeness (QED) is 0.208. The average molecular weight is 483 g/mol. The number of amides is 1. The number of rotatable bonds is 12. The van der Waals surface area contributed by atoms with Crippen molar-refractivity contribution in [1.82, 2.24) is 5.32 Å². The fourth-order valence-corrected chi connectivity index (χ4v) is 3.29. The van der Waals surface area contributed by atoms with Gasteiger partial charge in [0, 0.05) is 23.7 Å². The summed E-state index contributed by atoms with van der Waals surface area (Å²) < 4.78 is 20.2. The van der Waals surface area contributed by atoms with E-state index in [0.29, 0.717) is 29.1 Å². The van der Waals surface area contributed by atoms with Crippen molar-refractivity contribution >= 4 is 23.6 Å². The van der Waals surface area contributed by atoms with Gasteiger partial charge in [-0.25, -0.2) is 4.39 Å². The largest absolute Gasteiger partial charge is 0.484 e. The smallest absolute Gasteiger partial charge is 0.254 e. The molecular weight excluding hydrogens is 451 g/mol. The highest BCUT2D eigenvalue weighted by atomic mass is 19.1. The summed E-state index contributed by atoms with van der Waals surface area (Å²) in [5.41, 5.74) is 10.2. The van der Waals surface area contributed by atoms with Gasteiger partial charge in [0.05, 0.1) is 23.6 Å². The van der Waals surface area contributed by atoms with Crippen LogP contribution in [0.1, 0.15) is 53.8 Å². The highest BCUT2D eigenvalue weighted by Gasteiger charge is 2.30. The molecule has 8 nitrogen and oxygen atoms in total. The molecule has 1 aliphatic rings. The number of halogens is 1. The monoisotopic (exact) mass is 482 g/mol. The zero-order valence-electron chi connectivity index (χ0n) is 19.8. The van der Waals surface area contributed by atoms with Gasteiger partial charge in [-0.3, -0.25) is 15.0 Å². The number of ketones is 1. The van der Waals surface area contributed by atoms with Crippen molar-refractivity contribution in [2.75, 3.05) is 12.0 Å². The summed E-state index contributed by atoms with van der Waals surface area (Å²) in [6.07, 6.45) is 5.18. The lowest BCUT2D eigenvalue weighted by atomic mass is 10.1. The Morgan fingerprint density at radius 2 is 1.97 bits per heavy atom. The number of carbonyl (C=O) groups excluding carboxylic acids is 2. The molecule has 1 aliphatic carbocycles. The molecule has 0 aromatic heterocycles. The van der Waals surface area contributed by atoms with E-state index in [1.807, 2.05) is 6.92 Å². The zero-order valence-corrected chi connectivity index (χ0v) is 19.8. The van der Waals surface area contributed by atoms with Gasteiger partial charge in [0.25, 0.3) is 5.91 Å². The lowest BCUT2D eigenvalue weighted by molar-refractivity contribution is 0.0917. The molecule has 2 aromatic carbocycles. The lowest BCUT2D eigenvalue weighted by Crippen LogP contribution is -2.35. The van der Waals surface area contributed by atoms with Crippen LogP contribution in [0.4, 0.5) is 10.1 Å². The number of hydrogen-bond acceptors (Lipinski definition) is 7. The van der Waals surface area contributed by atoms with Crippen molar-refractivity contribution in [3.05, 3.63) is 71.2 Å². The number of aliphatic hydroxyl groups is 1. The van der Waals surface area contributed by atoms with Crippen molar-refractivity contribution in [3.8, 4) is 5.75 Å². The lowest BCUT2D eigenvalue weighted by Gasteiger charge is -2.18. The number of anilines is 1. The minimum atomic E-state index is -0.716. The average Bonchev–Trinajstić information content (AvgIpc) is 3.70. The van der Waals surface area contributed by atoms with Gasteiger partial charge in [0.1, 0.15) is 17.7 Å². The number of benzene rings is 2. The second-order valence-electron chi connectivity index (χ2n) is 8.49. The van der Waals surface area contributed by atoms with Crippen LogP contribution >= 0.6 is 0 Å². The Kier molecular flexibility index (Phi) is 8.97. The maximum absolute atomic E-state index is 14.3. The number of aliphatic hydroxyl groups excluding tert-OH is 1. The van der Waals surface area contributed by atoms with Crippen LogP contribution in [-0.2, 0) is 0 Å². The fourth-order valence-electron chi connectivity index (χ4n) is 3.29. The van der Waals surface area contributed by atoms with Gasteiger partial charge >= 0.3 is 0 Å². The molecule has 0 saturated heterocycles. The maximum atomic E-state index is 14.3. The molecule has 1 fully saturated rings. The molecule has 0 bridgehead atoms. The van der Waals surface area contributed by atoms with Crippen molar-refractivity contribution in [3.63, 3.8) is 0 Å². The number of hydrazone groups is 1. The molecule has 1 amide bonds. The van der Waals surface area contributed by atoms with Gasteiger partial charge in [0.15, 0.2) is 5.78 Å². The Morgan fingerprint density at radius 3 is 2.57 bits per heavy atom. The molecule has 0 radical (unpaired) electrons. The summed E-state index contributed by atoms with van der Waals surface area (Å²) in [6.45, 7) is 3.31. The number of nitrogens with zero attached hydrogens (tertiary/aromatic N) is 1. The first-order chi connectivity index (χ1) is 16.8. The van der Waals surface area contributed by atoms with E-state index in [9.17, 15) is 14.0 Å². The number of allylic oxidation sites excluding steroid dienone is 1. The van der Waals surface area contributed by atoms with E-state index in [4.69, 9.17) is 15.6 Å². The Hall–Kier alpha value is -3.72. The number of Topliss-reactive ketones (excluding diaryl/α,β-unsaturated/α-hetero) is 1. The fraction of sp³-hybridized carbons (Fsp3) is 0.346. The third-order valence-electron chi connectivity index (χ3n) is 5.51. The van der Waals surface area contributed by atoms with E-state index in [2.05, 4.69) is 15.8 Å². The van der Waals surface area contributed by atoms with Gasteiger partial charge in [-0.05, 0) is 74.7 Å². The second-order valence-corrected chi connectivity index (χ2v) is 8.49. The molecule has 3 rings (SSSR count). The maximum Gasteiger partial charge on any atom is 0.254 e. The van der Waals surface area contributed by atoms with E-state index in [1.165, 1.54) is 18.3 Å². The first kappa shape index (κ1) is 25.9. The highest BCUT2D eigenvalue weighted by Crippen LogP contribution is 2.33. The van der Waals surface area contributed by atoms with E-state index in [0.717, 1.165) is 18.9 Å². The van der Waals surface area contributed by atoms with Crippen LogP contribution in [0.2, 0.25) is 0 Å². The first-order valence-corrected chi connectivity index (χ1v) is 11.6. The van der Waals surface area contributed by atoms with Gasteiger partial charge in [-0.2, -0.15) is 5.10 Å². The molecule has 5 N–H and O–H groups in total. The van der Waals surface area contributed by atoms with Crippen LogP contribution < -0.4 is 21.2 Å². The summed E-state index contributed by atoms with van der Waals surface area (Å²) in [5, 5.41) is 15.5. The van der Waals surface area contributed by atoms with Crippen LogP contribution in [0.3, 0.4) is 0 Å².